The van der Waals surface area contributed by atoms with Gasteiger partial charge in [-0.1, -0.05) is 0 Å². The van der Waals surface area contributed by atoms with Gasteiger partial charge in [-0.15, -0.1) is 0 Å². The summed E-state index contributed by atoms with van der Waals surface area (Å²) in [5.74, 6) is 0.129. The Morgan fingerprint density at radius 1 is 1.46 bits per heavy atom. The molecule has 0 bridgehead atoms. The van der Waals surface area contributed by atoms with Crippen LogP contribution in [0, 0.1) is 11.3 Å². The van der Waals surface area contributed by atoms with Crippen LogP contribution in [-0.2, 0) is 4.74 Å². The van der Waals surface area contributed by atoms with Gasteiger partial charge in [0.1, 0.15) is 11.7 Å². The zero-order chi connectivity index (χ0) is 17.9. The second kappa shape index (κ2) is 7.00. The molecule has 0 spiro atoms. The summed E-state index contributed by atoms with van der Waals surface area (Å²) in [7, 11) is 1.80. The lowest BCUT2D eigenvalue weighted by atomic mass is 9.88. The molecule has 0 radical (unpaired) electrons. The fourth-order valence-electron chi connectivity index (χ4n) is 3.10. The van der Waals surface area contributed by atoms with Crippen molar-refractivity contribution in [2.75, 3.05) is 31.2 Å². The Balaban J connectivity index is 2.26. The maximum Gasteiger partial charge on any atom is 0.410 e. The number of nitrogens with zero attached hydrogens (tertiary/aromatic N) is 2. The molecule has 6 nitrogen and oxygen atoms in total. The predicted octanol–water partition coefficient (Wildman–Crippen LogP) is 3.30. The molecule has 130 valence electrons. The second-order valence-corrected chi connectivity index (χ2v) is 7.16. The van der Waals surface area contributed by atoms with Gasteiger partial charge >= 0.3 is 6.09 Å². The molecule has 1 amide bonds. The number of anilines is 2. The van der Waals surface area contributed by atoms with E-state index in [2.05, 4.69) is 11.4 Å². The van der Waals surface area contributed by atoms with E-state index in [-0.39, 0.29) is 12.0 Å². The molecule has 6 heteroatoms. The fraction of sp³-hybridized carbons (Fsp3) is 0.556. The molecule has 1 unspecified atom stereocenters. The summed E-state index contributed by atoms with van der Waals surface area (Å²) in [4.78, 5) is 14.1. The summed E-state index contributed by atoms with van der Waals surface area (Å²) < 4.78 is 5.48. The van der Waals surface area contributed by atoms with Crippen LogP contribution in [0.1, 0.15) is 50.7 Å². The molecule has 2 rings (SSSR count). The van der Waals surface area contributed by atoms with Crippen molar-refractivity contribution in [2.45, 2.75) is 45.1 Å². The van der Waals surface area contributed by atoms with Gasteiger partial charge in [-0.25, -0.2) is 4.79 Å². The van der Waals surface area contributed by atoms with Crippen LogP contribution in [-0.4, -0.2) is 36.7 Å². The normalized spacial score (nSPS) is 18.0. The number of hydrogen-bond acceptors (Lipinski definition) is 5. The van der Waals surface area contributed by atoms with Crippen molar-refractivity contribution in [2.24, 2.45) is 0 Å². The first kappa shape index (κ1) is 17.9. The van der Waals surface area contributed by atoms with Crippen molar-refractivity contribution in [3.63, 3.8) is 0 Å². The lowest BCUT2D eigenvalue weighted by molar-refractivity contribution is 0.0198. The number of nitrogens with one attached hydrogen (secondary N) is 1. The zero-order valence-electron chi connectivity index (χ0n) is 14.8. The maximum absolute atomic E-state index is 12.3. The fourth-order valence-corrected chi connectivity index (χ4v) is 3.10. The minimum Gasteiger partial charge on any atom is -0.444 e. The molecule has 1 fully saturated rings. The van der Waals surface area contributed by atoms with Gasteiger partial charge in [0.2, 0.25) is 0 Å². The molecule has 1 saturated heterocycles. The van der Waals surface area contributed by atoms with Crippen molar-refractivity contribution in [3.05, 3.63) is 23.3 Å². The van der Waals surface area contributed by atoms with E-state index in [1.165, 1.54) is 0 Å². The molecule has 3 N–H and O–H groups in total. The van der Waals surface area contributed by atoms with Crippen molar-refractivity contribution >= 4 is 17.5 Å². The smallest absolute Gasteiger partial charge is 0.410 e. The Morgan fingerprint density at radius 3 is 2.75 bits per heavy atom. The third kappa shape index (κ3) is 4.10. The molecule has 24 heavy (non-hydrogen) atoms. The number of amides is 1. The topological polar surface area (TPSA) is 91.4 Å². The van der Waals surface area contributed by atoms with Crippen LogP contribution in [0.15, 0.2) is 12.1 Å². The van der Waals surface area contributed by atoms with Crippen LogP contribution in [0.2, 0.25) is 0 Å². The average molecular weight is 330 g/mol. The summed E-state index contributed by atoms with van der Waals surface area (Å²) in [6, 6.07) is 5.75. The first-order valence-electron chi connectivity index (χ1n) is 8.24. The Labute approximate surface area is 143 Å². The maximum atomic E-state index is 12.3. The highest BCUT2D eigenvalue weighted by atomic mass is 16.6. The molecule has 1 aromatic rings. The van der Waals surface area contributed by atoms with E-state index in [4.69, 9.17) is 10.5 Å². The molecule has 1 aliphatic rings. The summed E-state index contributed by atoms with van der Waals surface area (Å²) in [6.07, 6.45) is 1.55. The highest BCUT2D eigenvalue weighted by Crippen LogP contribution is 2.35. The minimum absolute atomic E-state index is 0.129. The molecule has 1 aromatic carbocycles. The standard InChI is InChI=1S/C18H26N4O2/c1-18(2,3)24-17(23)22-7-5-6-12(11-22)15-9-14(20)8-13(10-19)16(15)21-4/h8-9,12,21H,5-7,11,20H2,1-4H3. The number of rotatable bonds is 2. The van der Waals surface area contributed by atoms with E-state index in [9.17, 15) is 10.1 Å². The lowest BCUT2D eigenvalue weighted by Crippen LogP contribution is -2.42. The number of piperidine rings is 1. The summed E-state index contributed by atoms with van der Waals surface area (Å²) >= 11 is 0. The Bertz CT molecular complexity index is 658. The predicted molar refractivity (Wildman–Crippen MR) is 94.9 cm³/mol. The van der Waals surface area contributed by atoms with Gasteiger partial charge in [0, 0.05) is 31.7 Å². The van der Waals surface area contributed by atoms with Crippen LogP contribution in [0.3, 0.4) is 0 Å². The van der Waals surface area contributed by atoms with E-state index in [0.717, 1.165) is 24.1 Å². The van der Waals surface area contributed by atoms with Crippen molar-refractivity contribution in [1.29, 1.82) is 5.26 Å². The van der Waals surface area contributed by atoms with E-state index < -0.39 is 5.60 Å². The number of carbonyl (C=O) groups is 1. The van der Waals surface area contributed by atoms with E-state index >= 15 is 0 Å². The SMILES string of the molecule is CNc1c(C#N)cc(N)cc1C1CCCN(C(=O)OC(C)(C)C)C1. The molecule has 0 saturated carbocycles. The van der Waals surface area contributed by atoms with Gasteiger partial charge in [0.15, 0.2) is 0 Å². The van der Waals surface area contributed by atoms with Gasteiger partial charge in [-0.3, -0.25) is 0 Å². The number of nitriles is 1. The van der Waals surface area contributed by atoms with Crippen LogP contribution in [0.4, 0.5) is 16.2 Å². The van der Waals surface area contributed by atoms with Crippen LogP contribution < -0.4 is 11.1 Å². The quantitative estimate of drug-likeness (QED) is 0.812. The number of nitrogen functional groups attached to an aromatic ring is 1. The average Bonchev–Trinajstić information content (AvgIpc) is 2.52. The van der Waals surface area contributed by atoms with Crippen molar-refractivity contribution < 1.29 is 9.53 Å². The summed E-state index contributed by atoms with van der Waals surface area (Å²) in [5.41, 5.74) is 8.33. The summed E-state index contributed by atoms with van der Waals surface area (Å²) in [6.45, 7) is 6.85. The van der Waals surface area contributed by atoms with Crippen LogP contribution >= 0.6 is 0 Å². The number of likely N-dealkylation sites (tertiary alicyclic amines) is 1. The van der Waals surface area contributed by atoms with Gasteiger partial charge in [0.25, 0.3) is 0 Å². The van der Waals surface area contributed by atoms with Crippen molar-refractivity contribution in [3.8, 4) is 6.07 Å². The van der Waals surface area contributed by atoms with Crippen molar-refractivity contribution in [1.82, 2.24) is 4.90 Å². The molecular weight excluding hydrogens is 304 g/mol. The number of benzene rings is 1. The third-order valence-electron chi connectivity index (χ3n) is 4.07. The number of hydrogen-bond donors (Lipinski definition) is 2. The highest BCUT2D eigenvalue weighted by molar-refractivity contribution is 5.70. The van der Waals surface area contributed by atoms with Gasteiger partial charge in [-0.2, -0.15) is 5.26 Å². The first-order valence-corrected chi connectivity index (χ1v) is 8.24. The van der Waals surface area contributed by atoms with Crippen LogP contribution in [0.25, 0.3) is 0 Å². The number of nitrogens with two attached hydrogens (primary N) is 1. The van der Waals surface area contributed by atoms with Gasteiger partial charge in [-0.05, 0) is 51.3 Å². The van der Waals surface area contributed by atoms with Gasteiger partial charge in [0.05, 0.1) is 11.3 Å². The third-order valence-corrected chi connectivity index (χ3v) is 4.07. The zero-order valence-corrected chi connectivity index (χ0v) is 14.8. The molecule has 1 heterocycles. The molecule has 0 aliphatic carbocycles. The number of ether oxygens (including phenoxy) is 1. The second-order valence-electron chi connectivity index (χ2n) is 7.16. The molecular formula is C18H26N4O2. The van der Waals surface area contributed by atoms with Gasteiger partial charge < -0.3 is 20.7 Å². The van der Waals surface area contributed by atoms with Crippen LogP contribution in [0.5, 0.6) is 0 Å². The lowest BCUT2D eigenvalue weighted by Gasteiger charge is -2.35. The monoisotopic (exact) mass is 330 g/mol. The molecule has 1 atom stereocenters. The highest BCUT2D eigenvalue weighted by Gasteiger charge is 2.30. The Morgan fingerprint density at radius 2 is 2.17 bits per heavy atom. The van der Waals surface area contributed by atoms with E-state index in [0.29, 0.717) is 24.3 Å². The largest absolute Gasteiger partial charge is 0.444 e. The Kier molecular flexibility index (Phi) is 5.23. The van der Waals surface area contributed by atoms with E-state index in [1.54, 1.807) is 18.0 Å². The van der Waals surface area contributed by atoms with E-state index in [1.807, 2.05) is 26.8 Å². The minimum atomic E-state index is -0.509. The first-order chi connectivity index (χ1) is 11.2. The number of carbonyl (C=O) groups excluding carboxylic acids is 1. The molecule has 0 aromatic heterocycles. The Hall–Kier alpha value is -2.42. The molecule has 1 aliphatic heterocycles. The summed E-state index contributed by atoms with van der Waals surface area (Å²) in [5, 5.41) is 12.4.